The van der Waals surface area contributed by atoms with Crippen molar-refractivity contribution in [1.82, 2.24) is 29.8 Å². The molecule has 0 amide bonds. The molecule has 0 bridgehead atoms. The fraction of sp³-hybridized carbons (Fsp3) is 0.768. The van der Waals surface area contributed by atoms with Crippen LogP contribution in [-0.4, -0.2) is 192 Å². The molecule has 3 aliphatic heterocycles. The second kappa shape index (κ2) is 25.6. The summed E-state index contributed by atoms with van der Waals surface area (Å²) in [6, 6.07) is 11.5. The Hall–Kier alpha value is -3.05. The first-order valence-electron chi connectivity index (χ1n) is 27.0. The van der Waals surface area contributed by atoms with Crippen molar-refractivity contribution in [2.24, 2.45) is 23.7 Å². The fourth-order valence-corrected chi connectivity index (χ4v) is 12.2. The predicted octanol–water partition coefficient (Wildman–Crippen LogP) is 4.76. The average molecular weight is 1040 g/mol. The Morgan fingerprint density at radius 2 is 1.57 bits per heavy atom. The van der Waals surface area contributed by atoms with Crippen LogP contribution in [0, 0.1) is 30.6 Å². The van der Waals surface area contributed by atoms with Crippen molar-refractivity contribution >= 4 is 0 Å². The summed E-state index contributed by atoms with van der Waals surface area (Å²) in [7, 11) is 5.39. The molecular weight excluding hydrogens is 949 g/mol. The van der Waals surface area contributed by atoms with Gasteiger partial charge in [0.1, 0.15) is 23.9 Å². The first kappa shape index (κ1) is 60.2. The number of ether oxygens (including phenoxy) is 6. The molecule has 6 rings (SSSR count). The van der Waals surface area contributed by atoms with Crippen LogP contribution in [0.25, 0.3) is 11.1 Å². The van der Waals surface area contributed by atoms with E-state index in [2.05, 4.69) is 50.5 Å². The molecule has 0 aliphatic carbocycles. The lowest BCUT2D eigenvalue weighted by molar-refractivity contribution is -0.307. The van der Waals surface area contributed by atoms with Crippen LogP contribution < -0.4 is 0 Å². The highest BCUT2D eigenvalue weighted by Gasteiger charge is 2.55. The summed E-state index contributed by atoms with van der Waals surface area (Å²) in [5.74, 6) is -2.12. The summed E-state index contributed by atoms with van der Waals surface area (Å²) < 4.78 is 40.3. The number of likely N-dealkylation sites (N-methyl/N-ethyl adjacent to an activating group) is 2. The number of aliphatic hydroxyl groups excluding tert-OH is 4. The first-order valence-corrected chi connectivity index (χ1v) is 27.0. The monoisotopic (exact) mass is 1040 g/mol. The molecule has 2 unspecified atom stereocenters. The number of pyridine rings is 1. The van der Waals surface area contributed by atoms with E-state index in [4.69, 9.17) is 28.4 Å². The summed E-state index contributed by atoms with van der Waals surface area (Å²) in [5.41, 5.74) is 0.718. The van der Waals surface area contributed by atoms with E-state index in [-0.39, 0.29) is 37.3 Å². The minimum Gasteiger partial charge on any atom is -0.388 e. The lowest BCUT2D eigenvalue weighted by Crippen LogP contribution is -2.62. The Balaban J connectivity index is 1.18. The second-order valence-electron chi connectivity index (χ2n) is 23.1. The van der Waals surface area contributed by atoms with Gasteiger partial charge in [-0.15, -0.1) is 5.10 Å². The van der Waals surface area contributed by atoms with Crippen molar-refractivity contribution in [2.45, 2.75) is 212 Å². The predicted molar refractivity (Wildman–Crippen MR) is 281 cm³/mol. The maximum atomic E-state index is 13.0. The summed E-state index contributed by atoms with van der Waals surface area (Å²) in [6.07, 6.45) is -3.89. The van der Waals surface area contributed by atoms with E-state index < -0.39 is 95.9 Å². The van der Waals surface area contributed by atoms with Crippen LogP contribution in [0.4, 0.5) is 0 Å². The maximum absolute atomic E-state index is 13.0. The average Bonchev–Trinajstić information content (AvgIpc) is 3.82. The highest BCUT2D eigenvalue weighted by atomic mass is 16.7. The standard InChI is InChI=1S/C56H92N6O12/c1-15-46-56(11,68)49(64)38(7)61(13)30-33(2)27-54(9,67)51(36(5)47(37(6)52(66)73-46)45-28-55(10,69-14)50(65)39(8)72-45)74-53-48(63)44(26-35(4)71-53)60(12)23-22-43-31-62(59-58-43)24-25-70-32-40-17-20-41(21-18-40)42-19-16-34(3)57-29-42/h16-21,29,31,33,35-39,44-53,63-68H,15,22-28,30,32H2,1-14H3/t33-,35-,36+,37-,38-,39+,44+,45-,46-,47?,48-,49-,50+,51-,52?,53+,54-,55-,56-/m1/s1. The van der Waals surface area contributed by atoms with Gasteiger partial charge in [-0.05, 0) is 117 Å². The molecule has 3 fully saturated rings. The van der Waals surface area contributed by atoms with Gasteiger partial charge in [0.05, 0.1) is 67.2 Å². The molecule has 0 spiro atoms. The number of hydrogen-bond donors (Lipinski definition) is 6. The SMILES string of the molecule is CC[C@H]1OC(O)[C@H](C)C([C@H]2C[C@@](C)(OC)[C@@H](O)[C@H](C)O2)[C@H](C)[C@@H](O[C@@H]2O[C@H](C)C[C@H](N(C)CCc3cn(CCOCc4ccc(-c5ccc(C)nc5)cc4)nn3)[C@H]2O)[C@](C)(O)C[C@@H](C)CN(C)[C@H](C)[C@@H](O)[C@]1(C)O. The Bertz CT molecular complexity index is 2170. The molecule has 418 valence electrons. The normalized spacial score (nSPS) is 39.4. The zero-order valence-electron chi connectivity index (χ0n) is 46.7. The van der Waals surface area contributed by atoms with Crippen molar-refractivity contribution in [1.29, 1.82) is 0 Å². The van der Waals surface area contributed by atoms with E-state index in [9.17, 15) is 30.6 Å². The van der Waals surface area contributed by atoms with Crippen LogP contribution in [0.15, 0.2) is 48.8 Å². The molecule has 0 radical (unpaired) electrons. The van der Waals surface area contributed by atoms with Crippen molar-refractivity contribution in [3.8, 4) is 11.1 Å². The van der Waals surface area contributed by atoms with Gasteiger partial charge >= 0.3 is 0 Å². The third kappa shape index (κ3) is 14.3. The molecule has 19 atom stereocenters. The number of benzene rings is 1. The van der Waals surface area contributed by atoms with Crippen LogP contribution in [0.1, 0.15) is 112 Å². The lowest BCUT2D eigenvalue weighted by atomic mass is 9.68. The number of nitrogens with zero attached hydrogens (tertiary/aromatic N) is 6. The van der Waals surface area contributed by atoms with E-state index in [1.54, 1.807) is 32.6 Å². The van der Waals surface area contributed by atoms with E-state index >= 15 is 0 Å². The molecule has 0 saturated carbocycles. The molecule has 3 saturated heterocycles. The van der Waals surface area contributed by atoms with E-state index in [0.717, 1.165) is 28.1 Å². The fourth-order valence-electron chi connectivity index (χ4n) is 12.2. The Kier molecular flexibility index (Phi) is 20.8. The minimum atomic E-state index is -1.75. The van der Waals surface area contributed by atoms with Crippen molar-refractivity contribution in [3.05, 3.63) is 65.7 Å². The van der Waals surface area contributed by atoms with Gasteiger partial charge in [0.15, 0.2) is 12.6 Å². The Morgan fingerprint density at radius 1 is 0.878 bits per heavy atom. The first-order chi connectivity index (χ1) is 34.8. The molecule has 3 aliphatic rings. The van der Waals surface area contributed by atoms with Gasteiger partial charge in [-0.3, -0.25) is 4.98 Å². The molecule has 1 aromatic carbocycles. The van der Waals surface area contributed by atoms with E-state index in [1.165, 1.54) is 0 Å². The number of hydrogen-bond acceptors (Lipinski definition) is 17. The summed E-state index contributed by atoms with van der Waals surface area (Å²) in [6.45, 7) is 22.8. The lowest BCUT2D eigenvalue weighted by Gasteiger charge is -2.52. The largest absolute Gasteiger partial charge is 0.388 e. The summed E-state index contributed by atoms with van der Waals surface area (Å²) >= 11 is 0. The van der Waals surface area contributed by atoms with Crippen molar-refractivity contribution < 1.29 is 59.1 Å². The van der Waals surface area contributed by atoms with Gasteiger partial charge in [0, 0.05) is 74.7 Å². The molecular formula is C56H92N6O12. The molecule has 5 heterocycles. The number of aryl methyl sites for hydroxylation is 1. The van der Waals surface area contributed by atoms with E-state index in [1.807, 2.05) is 92.8 Å². The maximum Gasteiger partial charge on any atom is 0.185 e. The second-order valence-corrected chi connectivity index (χ2v) is 23.1. The van der Waals surface area contributed by atoms with Crippen molar-refractivity contribution in [3.63, 3.8) is 0 Å². The molecule has 2 aromatic heterocycles. The molecule has 74 heavy (non-hydrogen) atoms. The van der Waals surface area contributed by atoms with Gasteiger partial charge in [-0.25, -0.2) is 4.68 Å². The van der Waals surface area contributed by atoms with Gasteiger partial charge in [-0.1, -0.05) is 63.2 Å². The van der Waals surface area contributed by atoms with Gasteiger partial charge in [-0.2, -0.15) is 0 Å². The van der Waals surface area contributed by atoms with Crippen LogP contribution in [0.2, 0.25) is 0 Å². The van der Waals surface area contributed by atoms with Crippen LogP contribution in [0.5, 0.6) is 0 Å². The number of rotatable bonds is 15. The number of methoxy groups -OCH3 is 1. The molecule has 3 aromatic rings. The number of aliphatic hydroxyl groups is 6. The molecule has 18 nitrogen and oxygen atoms in total. The summed E-state index contributed by atoms with van der Waals surface area (Å²) in [5, 5.41) is 81.2. The third-order valence-electron chi connectivity index (χ3n) is 16.9. The molecule has 6 N–H and O–H groups in total. The zero-order valence-corrected chi connectivity index (χ0v) is 46.7. The topological polar surface area (TPSA) is 227 Å². The highest BCUT2D eigenvalue weighted by molar-refractivity contribution is 5.62. The van der Waals surface area contributed by atoms with Crippen LogP contribution in [-0.2, 0) is 48.0 Å². The summed E-state index contributed by atoms with van der Waals surface area (Å²) in [4.78, 5) is 8.46. The third-order valence-corrected chi connectivity index (χ3v) is 16.9. The zero-order chi connectivity index (χ0) is 54.4. The van der Waals surface area contributed by atoms with Gasteiger partial charge in [0.2, 0.25) is 0 Å². The van der Waals surface area contributed by atoms with Gasteiger partial charge in [0.25, 0.3) is 0 Å². The Labute approximate surface area is 440 Å². The van der Waals surface area contributed by atoms with Gasteiger partial charge < -0.3 is 68.9 Å². The van der Waals surface area contributed by atoms with Crippen LogP contribution >= 0.6 is 0 Å². The minimum absolute atomic E-state index is 0.151. The molecule has 18 heteroatoms. The van der Waals surface area contributed by atoms with Crippen molar-refractivity contribution in [2.75, 3.05) is 40.9 Å². The Morgan fingerprint density at radius 3 is 2.22 bits per heavy atom. The quantitative estimate of drug-likeness (QED) is 0.113. The highest BCUT2D eigenvalue weighted by Crippen LogP contribution is 2.45. The smallest absolute Gasteiger partial charge is 0.185 e. The van der Waals surface area contributed by atoms with Crippen LogP contribution in [0.3, 0.4) is 0 Å². The van der Waals surface area contributed by atoms with E-state index in [0.29, 0.717) is 45.7 Å². The number of aromatic nitrogens is 4.